The maximum atomic E-state index is 5.23. The van der Waals surface area contributed by atoms with E-state index in [1.807, 2.05) is 18.2 Å². The van der Waals surface area contributed by atoms with Gasteiger partial charge in [0.2, 0.25) is 0 Å². The average Bonchev–Trinajstić information content (AvgIpc) is 2.53. The van der Waals surface area contributed by atoms with Gasteiger partial charge in [0.1, 0.15) is 5.75 Å². The predicted molar refractivity (Wildman–Crippen MR) is 82.4 cm³/mol. The van der Waals surface area contributed by atoms with Gasteiger partial charge in [-0.15, -0.1) is 0 Å². The molecule has 4 rings (SSSR count). The number of hydrogen-bond donors (Lipinski definition) is 2. The molecule has 3 saturated heterocycles. The SMILES string of the molecule is COc1cccc(NCCN[C@H]2CN3CCC2CC3)c1. The van der Waals surface area contributed by atoms with Crippen molar-refractivity contribution in [3.05, 3.63) is 24.3 Å². The van der Waals surface area contributed by atoms with Gasteiger partial charge in [0, 0.05) is 37.4 Å². The summed E-state index contributed by atoms with van der Waals surface area (Å²) in [7, 11) is 1.70. The van der Waals surface area contributed by atoms with Crippen molar-refractivity contribution in [1.29, 1.82) is 0 Å². The standard InChI is InChI=1S/C16H25N3O/c1-20-15-4-2-3-14(11-15)17-7-8-18-16-12-19-9-5-13(16)6-10-19/h2-4,11,13,16-18H,5-10,12H2,1H3/t16-/m0/s1. The maximum absolute atomic E-state index is 5.23. The quantitative estimate of drug-likeness (QED) is 0.776. The molecule has 0 spiro atoms. The second kappa shape index (κ2) is 6.46. The minimum absolute atomic E-state index is 0.699. The molecule has 2 bridgehead atoms. The number of ether oxygens (including phenoxy) is 1. The third kappa shape index (κ3) is 3.25. The van der Waals surface area contributed by atoms with Crippen molar-refractivity contribution in [3.8, 4) is 5.75 Å². The summed E-state index contributed by atoms with van der Waals surface area (Å²) >= 11 is 0. The fourth-order valence-corrected chi connectivity index (χ4v) is 3.39. The fraction of sp³-hybridized carbons (Fsp3) is 0.625. The number of fused-ring (bicyclic) bond motifs is 3. The third-order valence-corrected chi connectivity index (χ3v) is 4.59. The van der Waals surface area contributed by atoms with Gasteiger partial charge in [-0.3, -0.25) is 0 Å². The summed E-state index contributed by atoms with van der Waals surface area (Å²) in [6.45, 7) is 5.84. The van der Waals surface area contributed by atoms with Gasteiger partial charge >= 0.3 is 0 Å². The van der Waals surface area contributed by atoms with Crippen LogP contribution in [-0.2, 0) is 0 Å². The number of nitrogens with zero attached hydrogens (tertiary/aromatic N) is 1. The van der Waals surface area contributed by atoms with Gasteiger partial charge in [-0.2, -0.15) is 0 Å². The van der Waals surface area contributed by atoms with E-state index in [4.69, 9.17) is 4.74 Å². The maximum Gasteiger partial charge on any atom is 0.120 e. The molecule has 20 heavy (non-hydrogen) atoms. The zero-order valence-corrected chi connectivity index (χ0v) is 12.3. The first-order valence-corrected chi connectivity index (χ1v) is 7.69. The molecule has 3 heterocycles. The van der Waals surface area contributed by atoms with Crippen LogP contribution in [0.25, 0.3) is 0 Å². The van der Waals surface area contributed by atoms with Crippen molar-refractivity contribution < 1.29 is 4.74 Å². The molecule has 0 aliphatic carbocycles. The Morgan fingerprint density at radius 2 is 2.10 bits per heavy atom. The summed E-state index contributed by atoms with van der Waals surface area (Å²) in [4.78, 5) is 2.59. The highest BCUT2D eigenvalue weighted by Crippen LogP contribution is 2.27. The van der Waals surface area contributed by atoms with Crippen LogP contribution in [0.4, 0.5) is 5.69 Å². The largest absolute Gasteiger partial charge is 0.497 e. The van der Waals surface area contributed by atoms with Crippen molar-refractivity contribution in [2.24, 2.45) is 5.92 Å². The molecule has 3 aliphatic rings. The Balaban J connectivity index is 1.39. The summed E-state index contributed by atoms with van der Waals surface area (Å²) in [5, 5.41) is 7.16. The smallest absolute Gasteiger partial charge is 0.120 e. The van der Waals surface area contributed by atoms with Crippen LogP contribution in [0, 0.1) is 5.92 Å². The molecule has 2 N–H and O–H groups in total. The van der Waals surface area contributed by atoms with Crippen molar-refractivity contribution in [2.75, 3.05) is 45.2 Å². The summed E-state index contributed by atoms with van der Waals surface area (Å²) in [6.07, 6.45) is 2.75. The lowest BCUT2D eigenvalue weighted by Crippen LogP contribution is -2.56. The minimum Gasteiger partial charge on any atom is -0.497 e. The van der Waals surface area contributed by atoms with Gasteiger partial charge in [-0.1, -0.05) is 6.07 Å². The highest BCUT2D eigenvalue weighted by molar-refractivity contribution is 5.48. The van der Waals surface area contributed by atoms with E-state index in [-0.39, 0.29) is 0 Å². The summed E-state index contributed by atoms with van der Waals surface area (Å²) in [5.74, 6) is 1.80. The predicted octanol–water partition coefficient (Wildman–Crippen LogP) is 1.79. The van der Waals surface area contributed by atoms with E-state index in [0.29, 0.717) is 6.04 Å². The number of nitrogens with one attached hydrogen (secondary N) is 2. The van der Waals surface area contributed by atoms with Gasteiger partial charge in [0.15, 0.2) is 0 Å². The number of anilines is 1. The molecule has 1 aromatic rings. The number of rotatable bonds is 6. The van der Waals surface area contributed by atoms with E-state index >= 15 is 0 Å². The van der Waals surface area contributed by atoms with E-state index in [9.17, 15) is 0 Å². The fourth-order valence-electron chi connectivity index (χ4n) is 3.39. The Morgan fingerprint density at radius 3 is 2.80 bits per heavy atom. The minimum atomic E-state index is 0.699. The van der Waals surface area contributed by atoms with E-state index in [1.165, 1.54) is 32.5 Å². The van der Waals surface area contributed by atoms with Crippen LogP contribution in [-0.4, -0.2) is 50.8 Å². The molecular weight excluding hydrogens is 250 g/mol. The Hall–Kier alpha value is -1.26. The van der Waals surface area contributed by atoms with Crippen LogP contribution >= 0.6 is 0 Å². The van der Waals surface area contributed by atoms with Gasteiger partial charge in [-0.25, -0.2) is 0 Å². The first kappa shape index (κ1) is 13.7. The molecule has 3 aliphatic heterocycles. The zero-order valence-electron chi connectivity index (χ0n) is 12.3. The van der Waals surface area contributed by atoms with E-state index in [1.54, 1.807) is 7.11 Å². The molecule has 3 fully saturated rings. The third-order valence-electron chi connectivity index (χ3n) is 4.59. The number of hydrogen-bond acceptors (Lipinski definition) is 4. The van der Waals surface area contributed by atoms with Crippen LogP contribution in [0.2, 0.25) is 0 Å². The Morgan fingerprint density at radius 1 is 1.25 bits per heavy atom. The highest BCUT2D eigenvalue weighted by Gasteiger charge is 2.33. The summed E-state index contributed by atoms with van der Waals surface area (Å²) < 4.78 is 5.23. The number of benzene rings is 1. The van der Waals surface area contributed by atoms with Crippen molar-refractivity contribution in [3.63, 3.8) is 0 Å². The van der Waals surface area contributed by atoms with Crippen LogP contribution in [0.15, 0.2) is 24.3 Å². The molecule has 0 unspecified atom stereocenters. The average molecular weight is 275 g/mol. The highest BCUT2D eigenvalue weighted by atomic mass is 16.5. The van der Waals surface area contributed by atoms with Crippen molar-refractivity contribution in [1.82, 2.24) is 10.2 Å². The molecule has 1 aromatic carbocycles. The normalized spacial score (nSPS) is 28.4. The summed E-state index contributed by atoms with van der Waals surface area (Å²) in [6, 6.07) is 8.80. The van der Waals surface area contributed by atoms with Crippen LogP contribution < -0.4 is 15.4 Å². The topological polar surface area (TPSA) is 36.5 Å². The molecule has 0 radical (unpaired) electrons. The van der Waals surface area contributed by atoms with Crippen LogP contribution in [0.3, 0.4) is 0 Å². The van der Waals surface area contributed by atoms with Crippen LogP contribution in [0.1, 0.15) is 12.8 Å². The zero-order chi connectivity index (χ0) is 13.8. The Labute approximate surface area is 121 Å². The lowest BCUT2D eigenvalue weighted by molar-refractivity contribution is 0.0735. The molecule has 110 valence electrons. The first-order valence-electron chi connectivity index (χ1n) is 7.69. The summed E-state index contributed by atoms with van der Waals surface area (Å²) in [5.41, 5.74) is 1.13. The second-order valence-corrected chi connectivity index (χ2v) is 5.86. The van der Waals surface area contributed by atoms with Gasteiger partial charge < -0.3 is 20.3 Å². The van der Waals surface area contributed by atoms with Gasteiger partial charge in [-0.05, 0) is 44.0 Å². The van der Waals surface area contributed by atoms with Crippen LogP contribution in [0.5, 0.6) is 5.75 Å². The number of methoxy groups -OCH3 is 1. The molecule has 0 aromatic heterocycles. The van der Waals surface area contributed by atoms with Crippen molar-refractivity contribution >= 4 is 5.69 Å². The van der Waals surface area contributed by atoms with E-state index in [0.717, 1.165) is 30.4 Å². The van der Waals surface area contributed by atoms with Crippen molar-refractivity contribution in [2.45, 2.75) is 18.9 Å². The molecule has 4 nitrogen and oxygen atoms in total. The Kier molecular flexibility index (Phi) is 4.43. The molecule has 0 amide bonds. The Bertz CT molecular complexity index is 429. The monoisotopic (exact) mass is 275 g/mol. The second-order valence-electron chi connectivity index (χ2n) is 5.86. The van der Waals surface area contributed by atoms with E-state index < -0.39 is 0 Å². The molecule has 4 heteroatoms. The van der Waals surface area contributed by atoms with Gasteiger partial charge in [0.25, 0.3) is 0 Å². The van der Waals surface area contributed by atoms with E-state index in [2.05, 4.69) is 21.6 Å². The lowest BCUT2D eigenvalue weighted by Gasteiger charge is -2.45. The molecular formula is C16H25N3O. The molecule has 1 atom stereocenters. The number of piperidine rings is 3. The van der Waals surface area contributed by atoms with Gasteiger partial charge in [0.05, 0.1) is 7.11 Å². The lowest BCUT2D eigenvalue weighted by atomic mass is 9.84. The first-order chi connectivity index (χ1) is 9.85. The molecule has 0 saturated carbocycles.